The van der Waals surface area contributed by atoms with Crippen molar-refractivity contribution in [2.45, 2.75) is 13.3 Å². The van der Waals surface area contributed by atoms with Crippen LogP contribution in [-0.4, -0.2) is 30.6 Å². The summed E-state index contributed by atoms with van der Waals surface area (Å²) in [5.74, 6) is 1.07. The van der Waals surface area contributed by atoms with Gasteiger partial charge < -0.3 is 25.1 Å². The van der Waals surface area contributed by atoms with E-state index in [0.717, 1.165) is 0 Å². The summed E-state index contributed by atoms with van der Waals surface area (Å²) in [6, 6.07) is 11.8. The van der Waals surface area contributed by atoms with Crippen molar-refractivity contribution >= 4 is 34.4 Å². The number of ether oxygens (including phenoxy) is 1. The molecule has 0 saturated heterocycles. The van der Waals surface area contributed by atoms with Crippen LogP contribution in [0.25, 0.3) is 11.1 Å². The lowest BCUT2D eigenvalue weighted by Gasteiger charge is -2.09. The topological polar surface area (TPSA) is 105 Å². The van der Waals surface area contributed by atoms with Gasteiger partial charge >= 0.3 is 6.03 Å². The van der Waals surface area contributed by atoms with E-state index in [0.29, 0.717) is 34.1 Å². The van der Waals surface area contributed by atoms with Crippen molar-refractivity contribution in [3.63, 3.8) is 0 Å². The summed E-state index contributed by atoms with van der Waals surface area (Å²) in [6.45, 7) is 1.97. The molecule has 0 unspecified atom stereocenters. The number of hydrogen-bond acceptors (Lipinski definition) is 5. The van der Waals surface area contributed by atoms with E-state index >= 15 is 0 Å². The van der Waals surface area contributed by atoms with Crippen molar-refractivity contribution in [3.05, 3.63) is 48.4 Å². The van der Waals surface area contributed by atoms with Crippen molar-refractivity contribution < 1.29 is 18.7 Å². The second kappa shape index (κ2) is 8.22. The molecule has 0 radical (unpaired) electrons. The lowest BCUT2D eigenvalue weighted by atomic mass is 10.2. The van der Waals surface area contributed by atoms with E-state index < -0.39 is 0 Å². The van der Waals surface area contributed by atoms with Crippen LogP contribution in [0.2, 0.25) is 0 Å². The van der Waals surface area contributed by atoms with Crippen molar-refractivity contribution in [2.75, 3.05) is 24.3 Å². The molecule has 3 rings (SSSR count). The number of aromatic nitrogens is 1. The molecule has 2 aromatic carbocycles. The van der Waals surface area contributed by atoms with Crippen LogP contribution in [0.1, 0.15) is 12.3 Å². The third-order valence-electron chi connectivity index (χ3n) is 3.76. The molecule has 0 aliphatic rings. The maximum absolute atomic E-state index is 12.0. The van der Waals surface area contributed by atoms with Gasteiger partial charge in [-0.25, -0.2) is 9.78 Å². The van der Waals surface area contributed by atoms with Gasteiger partial charge in [0.1, 0.15) is 11.3 Å². The summed E-state index contributed by atoms with van der Waals surface area (Å²) >= 11 is 0. The highest BCUT2D eigenvalue weighted by Gasteiger charge is 2.07. The van der Waals surface area contributed by atoms with Gasteiger partial charge in [-0.1, -0.05) is 0 Å². The molecule has 0 fully saturated rings. The molecule has 1 heterocycles. The van der Waals surface area contributed by atoms with Gasteiger partial charge in [-0.15, -0.1) is 0 Å². The van der Waals surface area contributed by atoms with Gasteiger partial charge in [-0.2, -0.15) is 0 Å². The van der Waals surface area contributed by atoms with Crippen LogP contribution in [0.3, 0.4) is 0 Å². The first kappa shape index (κ1) is 18.2. The molecule has 1 aromatic heterocycles. The van der Waals surface area contributed by atoms with Crippen LogP contribution in [0.4, 0.5) is 16.2 Å². The molecule has 0 saturated carbocycles. The van der Waals surface area contributed by atoms with Crippen molar-refractivity contribution in [1.82, 2.24) is 10.3 Å². The van der Waals surface area contributed by atoms with Crippen molar-refractivity contribution in [3.8, 4) is 5.75 Å². The largest absolute Gasteiger partial charge is 0.497 e. The number of amides is 3. The quantitative estimate of drug-likeness (QED) is 0.619. The minimum atomic E-state index is -0.382. The average molecular weight is 368 g/mol. The zero-order valence-electron chi connectivity index (χ0n) is 15.0. The van der Waals surface area contributed by atoms with E-state index in [2.05, 4.69) is 20.9 Å². The Balaban J connectivity index is 1.43. The highest BCUT2D eigenvalue weighted by atomic mass is 16.5. The number of oxazole rings is 1. The molecule has 0 aliphatic heterocycles. The Bertz CT molecular complexity index is 950. The van der Waals surface area contributed by atoms with E-state index in [9.17, 15) is 9.59 Å². The average Bonchev–Trinajstić information content (AvgIpc) is 3.01. The number of nitrogens with zero attached hydrogens (tertiary/aromatic N) is 1. The number of methoxy groups -OCH3 is 1. The molecule has 0 spiro atoms. The van der Waals surface area contributed by atoms with Crippen molar-refractivity contribution in [2.24, 2.45) is 0 Å². The van der Waals surface area contributed by atoms with Gasteiger partial charge in [0, 0.05) is 31.3 Å². The fourth-order valence-corrected chi connectivity index (χ4v) is 2.48. The standard InChI is InChI=1S/C19H20N4O4/c1-12-21-16-11-14(5-8-17(16)27-12)22-18(24)9-10-20-19(25)23-13-3-6-15(26-2)7-4-13/h3-8,11H,9-10H2,1-2H3,(H,22,24)(H2,20,23,25). The third kappa shape index (κ3) is 4.97. The Morgan fingerprint density at radius 1 is 1.07 bits per heavy atom. The highest BCUT2D eigenvalue weighted by molar-refractivity contribution is 5.94. The molecule has 3 amide bonds. The predicted molar refractivity (Wildman–Crippen MR) is 102 cm³/mol. The van der Waals surface area contributed by atoms with E-state index in [1.165, 1.54) is 0 Å². The summed E-state index contributed by atoms with van der Waals surface area (Å²) < 4.78 is 10.5. The van der Waals surface area contributed by atoms with Crippen LogP contribution in [0.5, 0.6) is 5.75 Å². The van der Waals surface area contributed by atoms with Gasteiger partial charge in [0.05, 0.1) is 7.11 Å². The van der Waals surface area contributed by atoms with Crippen molar-refractivity contribution in [1.29, 1.82) is 0 Å². The maximum Gasteiger partial charge on any atom is 0.319 e. The van der Waals surface area contributed by atoms with Crippen LogP contribution in [0, 0.1) is 6.92 Å². The SMILES string of the molecule is COc1ccc(NC(=O)NCCC(=O)Nc2ccc3oc(C)nc3c2)cc1. The monoisotopic (exact) mass is 368 g/mol. The normalized spacial score (nSPS) is 10.4. The number of hydrogen-bond donors (Lipinski definition) is 3. The molecule has 3 N–H and O–H groups in total. The summed E-state index contributed by atoms with van der Waals surface area (Å²) in [6.07, 6.45) is 0.145. The number of aryl methyl sites for hydroxylation is 1. The number of carbonyl (C=O) groups is 2. The molecule has 0 aliphatic carbocycles. The van der Waals surface area contributed by atoms with Gasteiger partial charge in [0.15, 0.2) is 11.5 Å². The Morgan fingerprint density at radius 2 is 1.81 bits per heavy atom. The van der Waals surface area contributed by atoms with Gasteiger partial charge in [-0.3, -0.25) is 4.79 Å². The molecule has 27 heavy (non-hydrogen) atoms. The Kier molecular flexibility index (Phi) is 5.55. The van der Waals surface area contributed by atoms with Gasteiger partial charge in [-0.05, 0) is 42.5 Å². The number of anilines is 2. The van der Waals surface area contributed by atoms with E-state index in [4.69, 9.17) is 9.15 Å². The molecule has 3 aromatic rings. The first-order chi connectivity index (χ1) is 13.0. The second-order valence-electron chi connectivity index (χ2n) is 5.82. The predicted octanol–water partition coefficient (Wildman–Crippen LogP) is 3.30. The van der Waals surface area contributed by atoms with Crippen LogP contribution in [-0.2, 0) is 4.79 Å². The Morgan fingerprint density at radius 3 is 2.56 bits per heavy atom. The fourth-order valence-electron chi connectivity index (χ4n) is 2.48. The lowest BCUT2D eigenvalue weighted by molar-refractivity contribution is -0.116. The second-order valence-corrected chi connectivity index (χ2v) is 5.82. The lowest BCUT2D eigenvalue weighted by Crippen LogP contribution is -2.31. The number of urea groups is 1. The fraction of sp³-hybridized carbons (Fsp3) is 0.211. The number of rotatable bonds is 6. The molecule has 140 valence electrons. The number of fused-ring (bicyclic) bond motifs is 1. The Labute approximate surface area is 155 Å². The van der Waals surface area contributed by atoms with Gasteiger partial charge in [0.25, 0.3) is 0 Å². The van der Waals surface area contributed by atoms with Crippen LogP contribution >= 0.6 is 0 Å². The molecular formula is C19H20N4O4. The summed E-state index contributed by atoms with van der Waals surface area (Å²) in [5, 5.41) is 8.10. The van der Waals surface area contributed by atoms with E-state index in [1.54, 1.807) is 56.5 Å². The summed E-state index contributed by atoms with van der Waals surface area (Å²) in [4.78, 5) is 28.1. The molecule has 8 heteroatoms. The first-order valence-electron chi connectivity index (χ1n) is 8.39. The van der Waals surface area contributed by atoms with E-state index in [-0.39, 0.29) is 24.9 Å². The zero-order valence-corrected chi connectivity index (χ0v) is 15.0. The number of benzene rings is 2. The zero-order chi connectivity index (χ0) is 19.2. The Hall–Kier alpha value is -3.55. The van der Waals surface area contributed by atoms with Crippen LogP contribution in [0.15, 0.2) is 46.9 Å². The summed E-state index contributed by atoms with van der Waals surface area (Å²) in [7, 11) is 1.57. The smallest absolute Gasteiger partial charge is 0.319 e. The van der Waals surface area contributed by atoms with Gasteiger partial charge in [0.2, 0.25) is 5.91 Å². The molecule has 0 bridgehead atoms. The highest BCUT2D eigenvalue weighted by Crippen LogP contribution is 2.19. The van der Waals surface area contributed by atoms with Crippen LogP contribution < -0.4 is 20.7 Å². The minimum Gasteiger partial charge on any atom is -0.497 e. The maximum atomic E-state index is 12.0. The molecule has 8 nitrogen and oxygen atoms in total. The molecular weight excluding hydrogens is 348 g/mol. The third-order valence-corrected chi connectivity index (χ3v) is 3.76. The number of nitrogens with one attached hydrogen (secondary N) is 3. The summed E-state index contributed by atoms with van der Waals surface area (Å²) in [5.41, 5.74) is 2.61. The van der Waals surface area contributed by atoms with E-state index in [1.807, 2.05) is 0 Å². The minimum absolute atomic E-state index is 0.145. The number of carbonyl (C=O) groups excluding carboxylic acids is 2. The first-order valence-corrected chi connectivity index (χ1v) is 8.39. The molecule has 0 atom stereocenters.